The van der Waals surface area contributed by atoms with E-state index in [2.05, 4.69) is 24.5 Å². The lowest BCUT2D eigenvalue weighted by molar-refractivity contribution is -0.120. The molecule has 0 fully saturated rings. The van der Waals surface area contributed by atoms with Gasteiger partial charge in [-0.25, -0.2) is 4.90 Å². The molecule has 0 spiro atoms. The molecule has 1 aliphatic heterocycles. The zero-order valence-corrected chi connectivity index (χ0v) is 20.6. The van der Waals surface area contributed by atoms with E-state index in [4.69, 9.17) is 0 Å². The first kappa shape index (κ1) is 24.0. The molecule has 0 aliphatic carbocycles. The summed E-state index contributed by atoms with van der Waals surface area (Å²) in [5.41, 5.74) is 6.22. The van der Waals surface area contributed by atoms with E-state index in [1.54, 1.807) is 30.3 Å². The molecule has 6 heteroatoms. The Morgan fingerprint density at radius 2 is 1.43 bits per heavy atom. The molecular formula is C29H29N3O3. The number of nitrogens with one attached hydrogen (secondary N) is 2. The van der Waals surface area contributed by atoms with Gasteiger partial charge in [0, 0.05) is 18.3 Å². The molecule has 3 amide bonds. The van der Waals surface area contributed by atoms with Gasteiger partial charge in [0.1, 0.15) is 5.70 Å². The first-order valence-corrected chi connectivity index (χ1v) is 11.6. The number of hydrogen-bond donors (Lipinski definition) is 2. The van der Waals surface area contributed by atoms with Gasteiger partial charge in [0.05, 0.1) is 11.3 Å². The van der Waals surface area contributed by atoms with E-state index in [9.17, 15) is 14.4 Å². The quantitative estimate of drug-likeness (QED) is 0.450. The number of imide groups is 1. The molecule has 0 unspecified atom stereocenters. The Labute approximate surface area is 205 Å². The molecular weight excluding hydrogens is 438 g/mol. The van der Waals surface area contributed by atoms with Crippen LogP contribution in [-0.4, -0.2) is 17.7 Å². The number of nitrogens with zero attached hydrogens (tertiary/aromatic N) is 1. The maximum atomic E-state index is 13.7. The van der Waals surface area contributed by atoms with Crippen LogP contribution >= 0.6 is 0 Å². The second-order valence-corrected chi connectivity index (χ2v) is 9.12. The standard InChI is InChI=1S/C29H29N3O3/c1-17(2)21-7-11-24(12-8-21)31-27-26(22-9-13-23(14-10-22)30-20(5)33)28(34)32(29(27)35)25-15-6-18(3)19(4)16-25/h6-17,31H,1-5H3,(H,30,33). The first-order valence-electron chi connectivity index (χ1n) is 11.6. The number of aryl methyl sites for hydroxylation is 2. The third kappa shape index (κ3) is 4.87. The Kier molecular flexibility index (Phi) is 6.56. The van der Waals surface area contributed by atoms with Crippen LogP contribution in [0.15, 0.2) is 72.4 Å². The second-order valence-electron chi connectivity index (χ2n) is 9.12. The van der Waals surface area contributed by atoms with Crippen molar-refractivity contribution in [3.8, 4) is 0 Å². The van der Waals surface area contributed by atoms with Crippen LogP contribution in [0, 0.1) is 13.8 Å². The van der Waals surface area contributed by atoms with Gasteiger partial charge in [-0.3, -0.25) is 14.4 Å². The van der Waals surface area contributed by atoms with Crippen molar-refractivity contribution in [1.82, 2.24) is 0 Å². The van der Waals surface area contributed by atoms with Crippen LogP contribution in [0.25, 0.3) is 5.57 Å². The highest BCUT2D eigenvalue weighted by atomic mass is 16.2. The minimum Gasteiger partial charge on any atom is -0.350 e. The number of amides is 3. The summed E-state index contributed by atoms with van der Waals surface area (Å²) >= 11 is 0. The lowest BCUT2D eigenvalue weighted by Gasteiger charge is -2.17. The largest absolute Gasteiger partial charge is 0.350 e. The summed E-state index contributed by atoms with van der Waals surface area (Å²) in [7, 11) is 0. The van der Waals surface area contributed by atoms with Crippen molar-refractivity contribution in [3.63, 3.8) is 0 Å². The van der Waals surface area contributed by atoms with Crippen molar-refractivity contribution in [2.24, 2.45) is 0 Å². The van der Waals surface area contributed by atoms with Gasteiger partial charge in [-0.1, -0.05) is 44.2 Å². The van der Waals surface area contributed by atoms with Crippen LogP contribution in [-0.2, 0) is 14.4 Å². The van der Waals surface area contributed by atoms with Crippen LogP contribution in [0.2, 0.25) is 0 Å². The monoisotopic (exact) mass is 467 g/mol. The Morgan fingerprint density at radius 3 is 2.00 bits per heavy atom. The van der Waals surface area contributed by atoms with E-state index in [0.29, 0.717) is 22.9 Å². The van der Waals surface area contributed by atoms with Gasteiger partial charge in [0.15, 0.2) is 0 Å². The van der Waals surface area contributed by atoms with Crippen molar-refractivity contribution in [3.05, 3.63) is 94.7 Å². The summed E-state index contributed by atoms with van der Waals surface area (Å²) in [6.07, 6.45) is 0. The molecule has 1 aliphatic rings. The molecule has 1 heterocycles. The Bertz CT molecular complexity index is 1340. The molecule has 4 rings (SSSR count). The summed E-state index contributed by atoms with van der Waals surface area (Å²) in [5, 5.41) is 5.93. The lowest BCUT2D eigenvalue weighted by atomic mass is 10.0. The maximum Gasteiger partial charge on any atom is 0.282 e. The Hall–Kier alpha value is -4.19. The van der Waals surface area contributed by atoms with Gasteiger partial charge >= 0.3 is 0 Å². The fourth-order valence-corrected chi connectivity index (χ4v) is 4.03. The zero-order valence-electron chi connectivity index (χ0n) is 20.6. The van der Waals surface area contributed by atoms with Crippen LogP contribution in [0.4, 0.5) is 17.1 Å². The molecule has 0 aromatic heterocycles. The smallest absolute Gasteiger partial charge is 0.282 e. The summed E-state index contributed by atoms with van der Waals surface area (Å²) in [4.78, 5) is 39.9. The van der Waals surface area contributed by atoms with Crippen LogP contribution in [0.1, 0.15) is 48.9 Å². The fourth-order valence-electron chi connectivity index (χ4n) is 4.03. The number of carbonyl (C=O) groups is 3. The average Bonchev–Trinajstić information content (AvgIpc) is 3.05. The van der Waals surface area contributed by atoms with Gasteiger partial charge in [-0.15, -0.1) is 0 Å². The highest BCUT2D eigenvalue weighted by Gasteiger charge is 2.40. The SMILES string of the molecule is CC(=O)Nc1ccc(C2=C(Nc3ccc(C(C)C)cc3)C(=O)N(c3ccc(C)c(C)c3)C2=O)cc1. The van der Waals surface area contributed by atoms with Gasteiger partial charge < -0.3 is 10.6 Å². The topological polar surface area (TPSA) is 78.5 Å². The molecule has 0 radical (unpaired) electrons. The normalized spacial score (nSPS) is 13.6. The predicted octanol–water partition coefficient (Wildman–Crippen LogP) is 5.78. The molecule has 178 valence electrons. The minimum absolute atomic E-state index is 0.183. The summed E-state index contributed by atoms with van der Waals surface area (Å²) in [6.45, 7) is 9.61. The van der Waals surface area contributed by atoms with Gasteiger partial charge in [-0.05, 0) is 78.4 Å². The van der Waals surface area contributed by atoms with E-state index in [-0.39, 0.29) is 17.2 Å². The molecule has 6 nitrogen and oxygen atoms in total. The van der Waals surface area contributed by atoms with Crippen molar-refractivity contribution in [1.29, 1.82) is 0 Å². The zero-order chi connectivity index (χ0) is 25.3. The highest BCUT2D eigenvalue weighted by Crippen LogP contribution is 2.35. The highest BCUT2D eigenvalue weighted by molar-refractivity contribution is 6.46. The number of anilines is 3. The summed E-state index contributed by atoms with van der Waals surface area (Å²) in [6, 6.07) is 20.3. The van der Waals surface area contributed by atoms with Crippen molar-refractivity contribution >= 4 is 40.4 Å². The second kappa shape index (κ2) is 9.58. The number of benzene rings is 3. The third-order valence-corrected chi connectivity index (χ3v) is 6.17. The van der Waals surface area contributed by atoms with Gasteiger partial charge in [0.2, 0.25) is 5.91 Å². The van der Waals surface area contributed by atoms with E-state index < -0.39 is 11.8 Å². The molecule has 0 saturated carbocycles. The molecule has 0 atom stereocenters. The molecule has 2 N–H and O–H groups in total. The summed E-state index contributed by atoms with van der Waals surface area (Å²) in [5.74, 6) is -0.605. The average molecular weight is 468 g/mol. The van der Waals surface area contributed by atoms with E-state index >= 15 is 0 Å². The minimum atomic E-state index is -0.410. The Balaban J connectivity index is 1.77. The van der Waals surface area contributed by atoms with Crippen molar-refractivity contribution < 1.29 is 14.4 Å². The van der Waals surface area contributed by atoms with Crippen LogP contribution < -0.4 is 15.5 Å². The van der Waals surface area contributed by atoms with Crippen LogP contribution in [0.3, 0.4) is 0 Å². The molecule has 0 saturated heterocycles. The lowest BCUT2D eigenvalue weighted by Crippen LogP contribution is -2.32. The van der Waals surface area contributed by atoms with Crippen molar-refractivity contribution in [2.45, 2.75) is 40.5 Å². The maximum absolute atomic E-state index is 13.7. The van der Waals surface area contributed by atoms with E-state index in [1.165, 1.54) is 17.4 Å². The summed E-state index contributed by atoms with van der Waals surface area (Å²) < 4.78 is 0. The van der Waals surface area contributed by atoms with Crippen LogP contribution in [0.5, 0.6) is 0 Å². The van der Waals surface area contributed by atoms with Crippen molar-refractivity contribution in [2.75, 3.05) is 15.5 Å². The van der Waals surface area contributed by atoms with E-state index in [0.717, 1.165) is 16.8 Å². The van der Waals surface area contributed by atoms with Gasteiger partial charge in [-0.2, -0.15) is 0 Å². The fraction of sp³-hybridized carbons (Fsp3) is 0.207. The predicted molar refractivity (Wildman–Crippen MR) is 140 cm³/mol. The molecule has 0 bridgehead atoms. The molecule has 35 heavy (non-hydrogen) atoms. The first-order chi connectivity index (χ1) is 16.7. The number of carbonyl (C=O) groups excluding carboxylic acids is 3. The van der Waals surface area contributed by atoms with Gasteiger partial charge in [0.25, 0.3) is 11.8 Å². The number of rotatable bonds is 6. The third-order valence-electron chi connectivity index (χ3n) is 6.17. The molecule has 3 aromatic carbocycles. The Morgan fingerprint density at radius 1 is 0.800 bits per heavy atom. The molecule has 3 aromatic rings. The number of hydrogen-bond acceptors (Lipinski definition) is 4. The van der Waals surface area contributed by atoms with E-state index in [1.807, 2.05) is 50.2 Å².